The number of carbonyl (C=O) groups is 1. The molecule has 0 aliphatic rings. The molecule has 0 aromatic carbocycles. The maximum Gasteiger partial charge on any atom is 0.300 e. The van der Waals surface area contributed by atoms with Crippen LogP contribution in [0.15, 0.2) is 6.33 Å². The first kappa shape index (κ1) is 30.4. The maximum absolute atomic E-state index is 9.00. The summed E-state index contributed by atoms with van der Waals surface area (Å²) in [6.07, 6.45) is 2.75. The van der Waals surface area contributed by atoms with Crippen LogP contribution in [0.2, 0.25) is 0 Å². The van der Waals surface area contributed by atoms with E-state index in [1.165, 1.54) is 6.33 Å². The van der Waals surface area contributed by atoms with Crippen molar-refractivity contribution >= 4 is 30.6 Å². The minimum atomic E-state index is -0.833. The molecule has 0 bridgehead atoms. The molecule has 146 valence electrons. The summed E-state index contributed by atoms with van der Waals surface area (Å²) in [5.41, 5.74) is 4.39. The molecule has 0 radical (unpaired) electrons. The minimum Gasteiger partial charge on any atom is -0.481 e. The van der Waals surface area contributed by atoms with Gasteiger partial charge in [0.25, 0.3) is 5.97 Å². The summed E-state index contributed by atoms with van der Waals surface area (Å²) < 4.78 is 4.71. The van der Waals surface area contributed by atoms with Crippen LogP contribution in [-0.4, -0.2) is 73.7 Å². The van der Waals surface area contributed by atoms with E-state index in [2.05, 4.69) is 26.1 Å². The van der Waals surface area contributed by atoms with Crippen molar-refractivity contribution in [2.24, 2.45) is 5.73 Å². The normalized spacial score (nSPS) is 7.68. The summed E-state index contributed by atoms with van der Waals surface area (Å²) >= 11 is 0. The number of halogens is 1. The molecule has 1 heterocycles. The fraction of sp³-hybridized carbons (Fsp3) is 0.583. The zero-order valence-corrected chi connectivity index (χ0v) is 14.9. The van der Waals surface area contributed by atoms with Gasteiger partial charge in [0, 0.05) is 19.8 Å². The summed E-state index contributed by atoms with van der Waals surface area (Å²) in [5.74, 6) is -0.199. The number of hydrogen-bond donors (Lipinski definition) is 6. The monoisotopic (exact) mass is 383 g/mol. The number of nitrogens with zero attached hydrogens (tertiary/aromatic N) is 4. The molecule has 0 amide bonds. The Balaban J connectivity index is -0.000000127. The van der Waals surface area contributed by atoms with Gasteiger partial charge in [0.05, 0.1) is 26.2 Å². The van der Waals surface area contributed by atoms with Gasteiger partial charge in [-0.25, -0.2) is 0 Å². The van der Waals surface area contributed by atoms with Crippen molar-refractivity contribution in [1.29, 1.82) is 10.8 Å². The molecule has 1 aromatic heterocycles. The van der Waals surface area contributed by atoms with Crippen LogP contribution in [0.3, 0.4) is 0 Å². The van der Waals surface area contributed by atoms with Gasteiger partial charge in [-0.1, -0.05) is 0 Å². The Bertz CT molecular complexity index is 414. The first-order chi connectivity index (χ1) is 11.4. The summed E-state index contributed by atoms with van der Waals surface area (Å²) in [7, 11) is 0. The average molecular weight is 384 g/mol. The lowest BCUT2D eigenvalue weighted by Gasteiger charge is -1.99. The standard InChI is InChI=1S/C5H11NO2.C4H6N4O.C2H4O2.CH4N2.ClH/c1-2-8-5(6)3-4-7;9-2-1-4-7-5-3-6-8-4;1-2(3)4;2-1-3;/h6-7H,2-4H2,1H3;3,9H,1-2H2;1H3,(H,3,4);1H,(H3,2,3);1H. The number of hydrogen-bond acceptors (Lipinski definition) is 10. The van der Waals surface area contributed by atoms with E-state index in [1.54, 1.807) is 0 Å². The SMILES string of the molecule is CC(=O)O.CCOC(=N)CCO.Cl.N=CN.OCCc1nncnn1. The number of nitrogens with one attached hydrogen (secondary N) is 2. The highest BCUT2D eigenvalue weighted by Gasteiger charge is 1.92. The number of aliphatic carboxylic acids is 1. The topological polar surface area (TPSA) is 212 Å². The molecule has 12 nitrogen and oxygen atoms in total. The molecule has 0 atom stereocenters. The third kappa shape index (κ3) is 38.9. The number of rotatable bonds is 5. The van der Waals surface area contributed by atoms with Gasteiger partial charge in [-0.05, 0) is 6.92 Å². The predicted molar refractivity (Wildman–Crippen MR) is 93.0 cm³/mol. The zero-order chi connectivity index (χ0) is 19.2. The van der Waals surface area contributed by atoms with Crippen LogP contribution in [0.1, 0.15) is 26.1 Å². The van der Waals surface area contributed by atoms with Gasteiger partial charge >= 0.3 is 0 Å². The van der Waals surface area contributed by atoms with Gasteiger partial charge in [-0.2, -0.15) is 0 Å². The van der Waals surface area contributed by atoms with Crippen molar-refractivity contribution in [1.82, 2.24) is 20.4 Å². The van der Waals surface area contributed by atoms with Gasteiger partial charge in [-0.3, -0.25) is 15.6 Å². The summed E-state index contributed by atoms with van der Waals surface area (Å²) in [6, 6.07) is 0. The van der Waals surface area contributed by atoms with E-state index in [1.807, 2.05) is 6.92 Å². The van der Waals surface area contributed by atoms with Crippen LogP contribution in [-0.2, 0) is 16.0 Å². The Hall–Kier alpha value is -2.44. The Labute approximate surface area is 151 Å². The molecule has 13 heteroatoms. The lowest BCUT2D eigenvalue weighted by Crippen LogP contribution is -2.04. The lowest BCUT2D eigenvalue weighted by molar-refractivity contribution is -0.134. The van der Waals surface area contributed by atoms with Crippen molar-refractivity contribution in [3.63, 3.8) is 0 Å². The van der Waals surface area contributed by atoms with Gasteiger partial charge in [0.1, 0.15) is 0 Å². The molecule has 1 aromatic rings. The van der Waals surface area contributed by atoms with Gasteiger partial charge in [0.2, 0.25) is 0 Å². The van der Waals surface area contributed by atoms with E-state index in [4.69, 9.17) is 35.7 Å². The van der Waals surface area contributed by atoms with Crippen LogP contribution in [0, 0.1) is 10.8 Å². The molecule has 0 unspecified atom stereocenters. The van der Waals surface area contributed by atoms with Crippen LogP contribution < -0.4 is 5.73 Å². The van der Waals surface area contributed by atoms with E-state index in [0.717, 1.165) is 13.3 Å². The van der Waals surface area contributed by atoms with Crippen molar-refractivity contribution in [3.8, 4) is 0 Å². The first-order valence-corrected chi connectivity index (χ1v) is 6.70. The van der Waals surface area contributed by atoms with Crippen LogP contribution in [0.5, 0.6) is 0 Å². The third-order valence-corrected chi connectivity index (χ3v) is 1.44. The van der Waals surface area contributed by atoms with Gasteiger partial charge in [-0.15, -0.1) is 32.8 Å². The molecule has 0 fully saturated rings. The fourth-order valence-corrected chi connectivity index (χ4v) is 0.776. The second-order valence-corrected chi connectivity index (χ2v) is 3.45. The van der Waals surface area contributed by atoms with Crippen LogP contribution in [0.4, 0.5) is 0 Å². The molecule has 0 saturated carbocycles. The fourth-order valence-electron chi connectivity index (χ4n) is 0.776. The smallest absolute Gasteiger partial charge is 0.300 e. The van der Waals surface area contributed by atoms with Gasteiger partial charge in [0.15, 0.2) is 18.0 Å². The summed E-state index contributed by atoms with van der Waals surface area (Å²) in [4.78, 5) is 9.00. The molecule has 0 aliphatic carbocycles. The predicted octanol–water partition coefficient (Wildman–Crippen LogP) is -0.751. The van der Waals surface area contributed by atoms with E-state index in [0.29, 0.717) is 25.3 Å². The van der Waals surface area contributed by atoms with Crippen molar-refractivity contribution in [2.75, 3.05) is 19.8 Å². The number of carboxylic acids is 1. The molecule has 0 saturated heterocycles. The highest BCUT2D eigenvalue weighted by Crippen LogP contribution is 1.83. The van der Waals surface area contributed by atoms with Crippen LogP contribution in [0.25, 0.3) is 0 Å². The minimum absolute atomic E-state index is 0. The zero-order valence-electron chi connectivity index (χ0n) is 14.1. The van der Waals surface area contributed by atoms with Crippen molar-refractivity contribution < 1.29 is 24.9 Å². The Morgan fingerprint density at radius 1 is 1.32 bits per heavy atom. The second-order valence-electron chi connectivity index (χ2n) is 3.45. The molecule has 7 N–H and O–H groups in total. The van der Waals surface area contributed by atoms with E-state index in [9.17, 15) is 0 Å². The molecule has 0 spiro atoms. The Morgan fingerprint density at radius 2 is 1.76 bits per heavy atom. The van der Waals surface area contributed by atoms with Gasteiger partial charge < -0.3 is 25.8 Å². The maximum atomic E-state index is 9.00. The number of aliphatic hydroxyl groups is 2. The van der Waals surface area contributed by atoms with Crippen molar-refractivity contribution in [2.45, 2.75) is 26.7 Å². The largest absolute Gasteiger partial charge is 0.481 e. The molecule has 25 heavy (non-hydrogen) atoms. The van der Waals surface area contributed by atoms with E-state index < -0.39 is 5.97 Å². The quantitative estimate of drug-likeness (QED) is 0.276. The van der Waals surface area contributed by atoms with E-state index >= 15 is 0 Å². The average Bonchev–Trinajstić information content (AvgIpc) is 2.50. The van der Waals surface area contributed by atoms with Crippen molar-refractivity contribution in [3.05, 3.63) is 12.2 Å². The highest BCUT2D eigenvalue weighted by molar-refractivity contribution is 5.85. The number of ether oxygens (including phenoxy) is 1. The third-order valence-electron chi connectivity index (χ3n) is 1.44. The van der Waals surface area contributed by atoms with E-state index in [-0.39, 0.29) is 31.5 Å². The molecular weight excluding hydrogens is 358 g/mol. The summed E-state index contributed by atoms with van der Waals surface area (Å²) in [5, 5.41) is 50.9. The Kier molecular flexibility index (Phi) is 32.2. The first-order valence-electron chi connectivity index (χ1n) is 6.70. The second kappa shape index (κ2) is 26.5. The molecule has 0 aliphatic heterocycles. The van der Waals surface area contributed by atoms with Crippen LogP contribution >= 0.6 is 12.4 Å². The highest BCUT2D eigenvalue weighted by atomic mass is 35.5. The summed E-state index contributed by atoms with van der Waals surface area (Å²) in [6.45, 7) is 3.44. The Morgan fingerprint density at radius 3 is 2.08 bits per heavy atom. The number of carboxylic acid groups (broad SMARTS) is 1. The molecular formula is C12H26ClN7O5. The molecule has 1 rings (SSSR count). The number of aliphatic hydroxyl groups excluding tert-OH is 2. The number of nitrogens with two attached hydrogens (primary N) is 1. The lowest BCUT2D eigenvalue weighted by atomic mass is 10.4. The number of aromatic nitrogens is 4.